The third kappa shape index (κ3) is 2.12. The van der Waals surface area contributed by atoms with Crippen LogP contribution in [-0.4, -0.2) is 40.5 Å². The Bertz CT molecular complexity index is 423. The summed E-state index contributed by atoms with van der Waals surface area (Å²) < 4.78 is 0. The fourth-order valence-electron chi connectivity index (χ4n) is 4.62. The van der Waals surface area contributed by atoms with Crippen molar-refractivity contribution < 1.29 is 14.7 Å². The quantitative estimate of drug-likeness (QED) is 0.792. The smallest absolute Gasteiger partial charge is 0.306 e. The predicted molar refractivity (Wildman–Crippen MR) is 73.8 cm³/mol. The zero-order chi connectivity index (χ0) is 14.4. The van der Waals surface area contributed by atoms with Gasteiger partial charge >= 0.3 is 5.97 Å². The lowest BCUT2D eigenvalue weighted by molar-refractivity contribution is -0.149. The normalized spacial score (nSPS) is 43.8. The molecule has 2 saturated carbocycles. The highest BCUT2D eigenvalue weighted by Crippen LogP contribution is 2.48. The molecule has 0 spiro atoms. The number of aliphatic carboxylic acids is 1. The molecule has 1 saturated heterocycles. The molecule has 3 aliphatic rings. The maximum atomic E-state index is 12.8. The molecular weight excluding hydrogens is 256 g/mol. The highest BCUT2D eigenvalue weighted by atomic mass is 16.4. The van der Waals surface area contributed by atoms with Crippen molar-refractivity contribution in [1.29, 1.82) is 0 Å². The molecule has 0 aromatic rings. The zero-order valence-corrected chi connectivity index (χ0v) is 12.0. The third-order valence-corrected chi connectivity index (χ3v) is 5.77. The van der Waals surface area contributed by atoms with Gasteiger partial charge in [0.1, 0.15) is 0 Å². The number of likely N-dealkylation sites (tertiary alicyclic amines) is 1. The summed E-state index contributed by atoms with van der Waals surface area (Å²) in [5, 5.41) is 9.10. The Morgan fingerprint density at radius 1 is 1.15 bits per heavy atom. The van der Waals surface area contributed by atoms with Crippen LogP contribution in [0.25, 0.3) is 0 Å². The van der Waals surface area contributed by atoms with Gasteiger partial charge in [-0.3, -0.25) is 9.59 Å². The van der Waals surface area contributed by atoms with Crippen LogP contribution in [0.1, 0.15) is 39.0 Å². The van der Waals surface area contributed by atoms with Crippen molar-refractivity contribution in [1.82, 2.24) is 4.90 Å². The minimum absolute atomic E-state index is 0.0161. The summed E-state index contributed by atoms with van der Waals surface area (Å²) in [6.07, 6.45) is 4.55. The summed E-state index contributed by atoms with van der Waals surface area (Å²) >= 11 is 0. The second-order valence-electron chi connectivity index (χ2n) is 6.88. The first-order valence-corrected chi connectivity index (χ1v) is 7.78. The van der Waals surface area contributed by atoms with Gasteiger partial charge in [-0.05, 0) is 50.9 Å². The van der Waals surface area contributed by atoms with Crippen molar-refractivity contribution in [3.8, 4) is 0 Å². The largest absolute Gasteiger partial charge is 0.481 e. The van der Waals surface area contributed by atoms with E-state index in [4.69, 9.17) is 10.8 Å². The lowest BCUT2D eigenvalue weighted by Gasteiger charge is -2.40. The molecule has 2 aliphatic carbocycles. The van der Waals surface area contributed by atoms with E-state index < -0.39 is 5.97 Å². The minimum Gasteiger partial charge on any atom is -0.481 e. The number of hydrogen-bond acceptors (Lipinski definition) is 3. The van der Waals surface area contributed by atoms with Gasteiger partial charge in [0, 0.05) is 18.6 Å². The molecule has 6 atom stereocenters. The van der Waals surface area contributed by atoms with Crippen LogP contribution in [0.3, 0.4) is 0 Å². The van der Waals surface area contributed by atoms with Gasteiger partial charge in [0.2, 0.25) is 5.91 Å². The highest BCUT2D eigenvalue weighted by Gasteiger charge is 2.51. The fraction of sp³-hybridized carbons (Fsp3) is 0.867. The number of carbonyl (C=O) groups is 2. The van der Waals surface area contributed by atoms with Gasteiger partial charge in [-0.1, -0.05) is 0 Å². The summed E-state index contributed by atoms with van der Waals surface area (Å²) in [7, 11) is 0. The molecular formula is C15H24N2O3. The molecule has 6 unspecified atom stereocenters. The molecule has 1 aliphatic heterocycles. The molecule has 1 amide bonds. The van der Waals surface area contributed by atoms with Gasteiger partial charge in [-0.15, -0.1) is 0 Å². The number of piperidine rings is 1. The second kappa shape index (κ2) is 5.02. The first-order chi connectivity index (χ1) is 9.49. The summed E-state index contributed by atoms with van der Waals surface area (Å²) in [6.45, 7) is 2.53. The van der Waals surface area contributed by atoms with Crippen LogP contribution < -0.4 is 5.73 Å². The number of carboxylic acids is 1. The van der Waals surface area contributed by atoms with Gasteiger partial charge in [0.05, 0.1) is 11.8 Å². The van der Waals surface area contributed by atoms with Gasteiger partial charge in [0.15, 0.2) is 0 Å². The van der Waals surface area contributed by atoms with E-state index in [2.05, 4.69) is 0 Å². The number of hydrogen-bond donors (Lipinski definition) is 2. The maximum absolute atomic E-state index is 12.8. The van der Waals surface area contributed by atoms with Crippen LogP contribution in [0.2, 0.25) is 0 Å². The Morgan fingerprint density at radius 2 is 1.85 bits per heavy atom. The molecule has 0 aromatic carbocycles. The number of amides is 1. The van der Waals surface area contributed by atoms with E-state index in [0.717, 1.165) is 12.8 Å². The van der Waals surface area contributed by atoms with Crippen molar-refractivity contribution in [3.63, 3.8) is 0 Å². The van der Waals surface area contributed by atoms with E-state index in [1.54, 1.807) is 0 Å². The molecule has 3 rings (SSSR count). The van der Waals surface area contributed by atoms with Crippen molar-refractivity contribution in [2.24, 2.45) is 29.4 Å². The highest BCUT2D eigenvalue weighted by molar-refractivity contribution is 5.81. The second-order valence-corrected chi connectivity index (χ2v) is 6.88. The van der Waals surface area contributed by atoms with E-state index >= 15 is 0 Å². The summed E-state index contributed by atoms with van der Waals surface area (Å²) in [4.78, 5) is 25.7. The van der Waals surface area contributed by atoms with Gasteiger partial charge in [-0.25, -0.2) is 0 Å². The van der Waals surface area contributed by atoms with Crippen molar-refractivity contribution in [2.45, 2.75) is 51.1 Å². The topological polar surface area (TPSA) is 83.6 Å². The Kier molecular flexibility index (Phi) is 3.48. The minimum atomic E-state index is -0.736. The third-order valence-electron chi connectivity index (χ3n) is 5.77. The van der Waals surface area contributed by atoms with Crippen molar-refractivity contribution in [2.75, 3.05) is 6.54 Å². The molecule has 3 N–H and O–H groups in total. The monoisotopic (exact) mass is 280 g/mol. The summed E-state index contributed by atoms with van der Waals surface area (Å²) in [6, 6.07) is 0.0364. The zero-order valence-electron chi connectivity index (χ0n) is 12.0. The number of rotatable bonds is 2. The van der Waals surface area contributed by atoms with Crippen LogP contribution in [0, 0.1) is 23.7 Å². The average Bonchev–Trinajstić information content (AvgIpc) is 2.98. The van der Waals surface area contributed by atoms with E-state index in [-0.39, 0.29) is 29.8 Å². The molecule has 112 valence electrons. The van der Waals surface area contributed by atoms with Crippen LogP contribution in [0.15, 0.2) is 0 Å². The van der Waals surface area contributed by atoms with Gasteiger partial charge in [0.25, 0.3) is 0 Å². The number of nitrogens with zero attached hydrogens (tertiary/aromatic N) is 1. The van der Waals surface area contributed by atoms with E-state index in [1.807, 2.05) is 11.8 Å². The Labute approximate surface area is 119 Å². The van der Waals surface area contributed by atoms with Gasteiger partial charge < -0.3 is 15.7 Å². The summed E-state index contributed by atoms with van der Waals surface area (Å²) in [5.74, 6) is 0.120. The first kappa shape index (κ1) is 13.9. The summed E-state index contributed by atoms with van der Waals surface area (Å²) in [5.41, 5.74) is 6.25. The van der Waals surface area contributed by atoms with E-state index in [0.29, 0.717) is 31.2 Å². The Morgan fingerprint density at radius 3 is 2.40 bits per heavy atom. The molecule has 20 heavy (non-hydrogen) atoms. The van der Waals surface area contributed by atoms with Gasteiger partial charge in [-0.2, -0.15) is 0 Å². The standard InChI is InChI=1S/C15H24N2O3/c1-8-6-11(15(19)20)4-5-17(8)14(18)12-9-2-3-10(7-9)13(12)16/h8-13H,2-7,16H2,1H3,(H,19,20). The lowest BCUT2D eigenvalue weighted by atomic mass is 9.82. The van der Waals surface area contributed by atoms with Crippen LogP contribution in [0.5, 0.6) is 0 Å². The maximum Gasteiger partial charge on any atom is 0.306 e. The van der Waals surface area contributed by atoms with Crippen LogP contribution in [-0.2, 0) is 9.59 Å². The van der Waals surface area contributed by atoms with Crippen LogP contribution >= 0.6 is 0 Å². The SMILES string of the molecule is CC1CC(C(=O)O)CCN1C(=O)C1C2CCC(C2)C1N. The first-order valence-electron chi connectivity index (χ1n) is 7.78. The van der Waals surface area contributed by atoms with Crippen LogP contribution in [0.4, 0.5) is 0 Å². The molecule has 1 heterocycles. The number of nitrogens with two attached hydrogens (primary N) is 1. The molecule has 3 fully saturated rings. The fourth-order valence-corrected chi connectivity index (χ4v) is 4.62. The molecule has 2 bridgehead atoms. The van der Waals surface area contributed by atoms with Crippen molar-refractivity contribution >= 4 is 11.9 Å². The van der Waals surface area contributed by atoms with E-state index in [1.165, 1.54) is 6.42 Å². The number of carboxylic acid groups (broad SMARTS) is 1. The number of carbonyl (C=O) groups excluding carboxylic acids is 1. The molecule has 5 nitrogen and oxygen atoms in total. The Hall–Kier alpha value is -1.10. The molecule has 0 aromatic heterocycles. The number of fused-ring (bicyclic) bond motifs is 2. The Balaban J connectivity index is 1.68. The van der Waals surface area contributed by atoms with Crippen molar-refractivity contribution in [3.05, 3.63) is 0 Å². The lowest BCUT2D eigenvalue weighted by Crippen LogP contribution is -2.52. The average molecular weight is 280 g/mol. The van der Waals surface area contributed by atoms with E-state index in [9.17, 15) is 9.59 Å². The predicted octanol–water partition coefficient (Wildman–Crippen LogP) is 1.07. The molecule has 0 radical (unpaired) electrons. The molecule has 5 heteroatoms.